The van der Waals surface area contributed by atoms with E-state index in [0.717, 1.165) is 47.3 Å². The average molecular weight is 455 g/mol. The molecule has 0 nitrogen and oxygen atoms in total. The molecule has 33 heavy (non-hydrogen) atoms. The van der Waals surface area contributed by atoms with Crippen LogP contribution >= 0.6 is 0 Å². The van der Waals surface area contributed by atoms with Crippen molar-refractivity contribution >= 4 is 7.85 Å². The van der Waals surface area contributed by atoms with Gasteiger partial charge in [-0.05, 0) is 73.0 Å². The average Bonchev–Trinajstić information content (AvgIpc) is 3.26. The minimum Gasteiger partial charge on any atom is -0.0780 e. The summed E-state index contributed by atoms with van der Waals surface area (Å²) in [4.78, 5) is 0. The van der Waals surface area contributed by atoms with Gasteiger partial charge in [0.25, 0.3) is 0 Å². The Labute approximate surface area is 209 Å². The van der Waals surface area contributed by atoms with Crippen LogP contribution in [0.4, 0.5) is 0 Å². The van der Waals surface area contributed by atoms with Crippen LogP contribution in [-0.2, 0) is 0 Å². The molecule has 0 aromatic carbocycles. The highest BCUT2D eigenvalue weighted by Crippen LogP contribution is 2.49. The second kappa shape index (κ2) is 14.0. The maximum Gasteiger partial charge on any atom is 0.101 e. The van der Waals surface area contributed by atoms with Crippen molar-refractivity contribution in [2.24, 2.45) is 47.3 Å². The minimum atomic E-state index is 1.04. The maximum atomic E-state index is 2.53. The number of rotatable bonds is 8. The fourth-order valence-corrected chi connectivity index (χ4v) is 9.56. The Morgan fingerprint density at radius 2 is 1.24 bits per heavy atom. The lowest BCUT2D eigenvalue weighted by Gasteiger charge is -2.43. The van der Waals surface area contributed by atoms with Gasteiger partial charge in [0.05, 0.1) is 0 Å². The summed E-state index contributed by atoms with van der Waals surface area (Å²) in [5.41, 5.74) is 0. The van der Waals surface area contributed by atoms with Gasteiger partial charge in [-0.2, -0.15) is 0 Å². The van der Waals surface area contributed by atoms with Crippen molar-refractivity contribution in [3.63, 3.8) is 0 Å². The van der Waals surface area contributed by atoms with Crippen LogP contribution in [0.1, 0.15) is 148 Å². The summed E-state index contributed by atoms with van der Waals surface area (Å²) < 4.78 is 0. The van der Waals surface area contributed by atoms with Crippen molar-refractivity contribution < 1.29 is 0 Å². The third kappa shape index (κ3) is 7.52. The highest BCUT2D eigenvalue weighted by molar-refractivity contribution is 6.08. The molecular formula is C32H59B. The van der Waals surface area contributed by atoms with E-state index >= 15 is 0 Å². The zero-order valence-electron chi connectivity index (χ0n) is 22.9. The lowest BCUT2D eigenvalue weighted by molar-refractivity contribution is 0.0784. The molecule has 1 heteroatoms. The van der Waals surface area contributed by atoms with Crippen molar-refractivity contribution in [1.29, 1.82) is 0 Å². The predicted molar refractivity (Wildman–Crippen MR) is 149 cm³/mol. The van der Waals surface area contributed by atoms with Crippen molar-refractivity contribution in [2.45, 2.75) is 155 Å². The van der Waals surface area contributed by atoms with Crippen LogP contribution in [0.25, 0.3) is 0 Å². The molecule has 0 saturated heterocycles. The fraction of sp³-hybridized carbons (Fsp3) is 1.00. The van der Waals surface area contributed by atoms with E-state index in [1.165, 1.54) is 44.8 Å². The fourth-order valence-electron chi connectivity index (χ4n) is 9.56. The Morgan fingerprint density at radius 1 is 0.606 bits per heavy atom. The molecule has 0 aliphatic heterocycles. The molecule has 4 aliphatic carbocycles. The van der Waals surface area contributed by atoms with Crippen LogP contribution in [0, 0.1) is 47.3 Å². The van der Waals surface area contributed by atoms with Gasteiger partial charge >= 0.3 is 0 Å². The molecule has 0 heterocycles. The predicted octanol–water partition coefficient (Wildman–Crippen LogP) is 9.62. The molecule has 0 N–H and O–H groups in total. The summed E-state index contributed by atoms with van der Waals surface area (Å²) >= 11 is 0. The molecular weight excluding hydrogens is 395 g/mol. The standard InChI is InChI=1S/C32H59B/c1-2-25-13-9-14-27(21-19-25)31-17-7-4-8-18-32(31)29-16-10-15-28(23-29)30(24-33)22-20-26-11-5-3-6-12-26/h25-32H,2-24,33H2,1H3. The van der Waals surface area contributed by atoms with E-state index in [4.69, 9.17) is 0 Å². The first-order valence-electron chi connectivity index (χ1n) is 16.3. The van der Waals surface area contributed by atoms with E-state index in [1.54, 1.807) is 103 Å². The Morgan fingerprint density at radius 3 is 1.97 bits per heavy atom. The molecule has 0 aromatic heterocycles. The Bertz CT molecular complexity index is 523. The van der Waals surface area contributed by atoms with E-state index < -0.39 is 0 Å². The smallest absolute Gasteiger partial charge is 0.0780 e. The van der Waals surface area contributed by atoms with Crippen molar-refractivity contribution in [3.05, 3.63) is 0 Å². The van der Waals surface area contributed by atoms with Crippen LogP contribution in [0.15, 0.2) is 0 Å². The summed E-state index contributed by atoms with van der Waals surface area (Å²) in [5, 5.41) is 0. The van der Waals surface area contributed by atoms with E-state index in [2.05, 4.69) is 14.8 Å². The van der Waals surface area contributed by atoms with Crippen molar-refractivity contribution in [2.75, 3.05) is 0 Å². The first-order chi connectivity index (χ1) is 16.3. The maximum absolute atomic E-state index is 2.53. The van der Waals surface area contributed by atoms with Crippen LogP contribution in [0.3, 0.4) is 0 Å². The topological polar surface area (TPSA) is 0 Å². The van der Waals surface area contributed by atoms with Gasteiger partial charge in [0.15, 0.2) is 0 Å². The van der Waals surface area contributed by atoms with Crippen LogP contribution < -0.4 is 0 Å². The van der Waals surface area contributed by atoms with Crippen LogP contribution in [-0.4, -0.2) is 7.85 Å². The molecule has 0 amide bonds. The van der Waals surface area contributed by atoms with Gasteiger partial charge in [-0.3, -0.25) is 0 Å². The van der Waals surface area contributed by atoms with Gasteiger partial charge in [-0.15, -0.1) is 0 Å². The summed E-state index contributed by atoms with van der Waals surface area (Å²) in [7, 11) is 2.53. The highest BCUT2D eigenvalue weighted by Gasteiger charge is 2.39. The molecule has 190 valence electrons. The molecule has 7 atom stereocenters. The summed E-state index contributed by atoms with van der Waals surface area (Å²) in [6.45, 7) is 2.44. The first-order valence-corrected chi connectivity index (χ1v) is 16.3. The van der Waals surface area contributed by atoms with Crippen LogP contribution in [0.2, 0.25) is 6.32 Å². The molecule has 0 spiro atoms. The Hall–Kier alpha value is 0.0649. The van der Waals surface area contributed by atoms with Gasteiger partial charge in [0.2, 0.25) is 0 Å². The van der Waals surface area contributed by atoms with E-state index in [9.17, 15) is 0 Å². The molecule has 4 saturated carbocycles. The third-order valence-electron chi connectivity index (χ3n) is 11.7. The summed E-state index contributed by atoms with van der Waals surface area (Å²) in [6.07, 6.45) is 35.6. The van der Waals surface area contributed by atoms with E-state index in [-0.39, 0.29) is 0 Å². The normalized spacial score (nSPS) is 38.3. The highest BCUT2D eigenvalue weighted by atomic mass is 14.4. The quantitative estimate of drug-likeness (QED) is 0.253. The Balaban J connectivity index is 1.36. The molecule has 4 rings (SSSR count). The van der Waals surface area contributed by atoms with Gasteiger partial charge in [0, 0.05) is 0 Å². The zero-order valence-corrected chi connectivity index (χ0v) is 22.9. The van der Waals surface area contributed by atoms with Crippen molar-refractivity contribution in [1.82, 2.24) is 0 Å². The van der Waals surface area contributed by atoms with Crippen molar-refractivity contribution in [3.8, 4) is 0 Å². The number of hydrogen-bond acceptors (Lipinski definition) is 0. The molecule has 4 aliphatic rings. The van der Waals surface area contributed by atoms with Crippen LogP contribution in [0.5, 0.6) is 0 Å². The van der Waals surface area contributed by atoms with E-state index in [0.29, 0.717) is 0 Å². The lowest BCUT2D eigenvalue weighted by atomic mass is 9.62. The largest absolute Gasteiger partial charge is 0.101 e. The monoisotopic (exact) mass is 454 g/mol. The summed E-state index contributed by atoms with van der Waals surface area (Å²) in [5.74, 6) is 8.60. The number of hydrogen-bond donors (Lipinski definition) is 0. The second-order valence-corrected chi connectivity index (χ2v) is 13.4. The molecule has 0 radical (unpaired) electrons. The molecule has 0 bridgehead atoms. The minimum absolute atomic E-state index is 1.04. The Kier molecular flexibility index (Phi) is 11.1. The molecule has 0 aromatic rings. The first kappa shape index (κ1) is 26.1. The van der Waals surface area contributed by atoms with Gasteiger partial charge in [-0.25, -0.2) is 0 Å². The summed E-state index contributed by atoms with van der Waals surface area (Å²) in [6, 6.07) is 0. The van der Waals surface area contributed by atoms with Gasteiger partial charge in [-0.1, -0.05) is 129 Å². The van der Waals surface area contributed by atoms with E-state index in [1.807, 2.05) is 0 Å². The van der Waals surface area contributed by atoms with Gasteiger partial charge in [0.1, 0.15) is 7.85 Å². The molecule has 7 unspecified atom stereocenters. The SMILES string of the molecule is BCC(CCC1CCCCC1)C1CCCC(C2CCCCCC2C2CCCC(CC)CC2)C1. The second-order valence-electron chi connectivity index (χ2n) is 13.4. The lowest BCUT2D eigenvalue weighted by Crippen LogP contribution is -2.33. The zero-order chi connectivity index (χ0) is 22.9. The third-order valence-corrected chi connectivity index (χ3v) is 11.7. The van der Waals surface area contributed by atoms with Gasteiger partial charge < -0.3 is 0 Å². The molecule has 4 fully saturated rings.